The number of thiophene rings is 2. The lowest BCUT2D eigenvalue weighted by molar-refractivity contribution is 1.30. The van der Waals surface area contributed by atoms with Gasteiger partial charge in [-0.05, 0) is 133 Å². The molecular formula is C52H31NS2. The van der Waals surface area contributed by atoms with E-state index in [4.69, 9.17) is 0 Å². The molecule has 12 aromatic rings. The van der Waals surface area contributed by atoms with Crippen molar-refractivity contribution >= 4 is 123 Å². The van der Waals surface area contributed by atoms with E-state index in [0.717, 1.165) is 17.1 Å². The van der Waals surface area contributed by atoms with Gasteiger partial charge in [0.15, 0.2) is 0 Å². The Balaban J connectivity index is 1.02. The fourth-order valence-electron chi connectivity index (χ4n) is 8.78. The average Bonchev–Trinajstić information content (AvgIpc) is 3.81. The van der Waals surface area contributed by atoms with Crippen molar-refractivity contribution in [2.75, 3.05) is 4.90 Å². The Bertz CT molecular complexity index is 3380. The fraction of sp³-hybridized carbons (Fsp3) is 0. The molecule has 55 heavy (non-hydrogen) atoms. The summed E-state index contributed by atoms with van der Waals surface area (Å²) in [6.45, 7) is 0. The van der Waals surface area contributed by atoms with Crippen LogP contribution in [0.3, 0.4) is 0 Å². The zero-order valence-corrected chi connectivity index (χ0v) is 31.3. The van der Waals surface area contributed by atoms with Crippen LogP contribution in [0.2, 0.25) is 0 Å². The number of hydrogen-bond donors (Lipinski definition) is 0. The third-order valence-corrected chi connectivity index (χ3v) is 13.7. The molecule has 0 aliphatic rings. The van der Waals surface area contributed by atoms with Gasteiger partial charge in [-0.3, -0.25) is 0 Å². The lowest BCUT2D eigenvalue weighted by Crippen LogP contribution is -2.09. The van der Waals surface area contributed by atoms with Crippen LogP contribution in [-0.2, 0) is 0 Å². The molecule has 0 spiro atoms. The van der Waals surface area contributed by atoms with Gasteiger partial charge in [0.05, 0.1) is 0 Å². The van der Waals surface area contributed by atoms with Crippen molar-refractivity contribution in [1.82, 2.24) is 0 Å². The van der Waals surface area contributed by atoms with E-state index in [1.807, 2.05) is 22.7 Å². The lowest BCUT2D eigenvalue weighted by atomic mass is 9.90. The van der Waals surface area contributed by atoms with Gasteiger partial charge in [-0.2, -0.15) is 0 Å². The maximum Gasteiger partial charge on any atom is 0.0468 e. The summed E-state index contributed by atoms with van der Waals surface area (Å²) in [4.78, 5) is 2.42. The van der Waals surface area contributed by atoms with Crippen molar-refractivity contribution in [2.24, 2.45) is 0 Å². The number of nitrogens with zero attached hydrogens (tertiary/aromatic N) is 1. The molecule has 2 heterocycles. The summed E-state index contributed by atoms with van der Waals surface area (Å²) in [5.41, 5.74) is 5.85. The molecule has 0 N–H and O–H groups in total. The zero-order chi connectivity index (χ0) is 36.0. The summed E-state index contributed by atoms with van der Waals surface area (Å²) in [5.74, 6) is 0. The summed E-state index contributed by atoms with van der Waals surface area (Å²) < 4.78 is 5.26. The summed E-state index contributed by atoms with van der Waals surface area (Å²) in [5, 5.41) is 15.5. The van der Waals surface area contributed by atoms with Crippen LogP contribution >= 0.6 is 22.7 Å². The Hall–Kier alpha value is -6.52. The molecular weight excluding hydrogens is 703 g/mol. The first-order chi connectivity index (χ1) is 27.2. The van der Waals surface area contributed by atoms with E-state index < -0.39 is 0 Å². The molecule has 0 radical (unpaired) electrons. The van der Waals surface area contributed by atoms with Gasteiger partial charge >= 0.3 is 0 Å². The number of fused-ring (bicyclic) bond motifs is 13. The Labute approximate surface area is 325 Å². The summed E-state index contributed by atoms with van der Waals surface area (Å²) in [6.07, 6.45) is 0. The van der Waals surface area contributed by atoms with Gasteiger partial charge in [0.2, 0.25) is 0 Å². The lowest BCUT2D eigenvalue weighted by Gasteiger charge is -2.26. The predicted octanol–water partition coefficient (Wildman–Crippen LogP) is 16.2. The Morgan fingerprint density at radius 2 is 0.673 bits per heavy atom. The molecule has 0 aliphatic heterocycles. The van der Waals surface area contributed by atoms with Gasteiger partial charge in [0.1, 0.15) is 0 Å². The van der Waals surface area contributed by atoms with E-state index >= 15 is 0 Å². The normalized spacial score (nSPS) is 12.0. The van der Waals surface area contributed by atoms with Gasteiger partial charge in [-0.1, -0.05) is 109 Å². The molecule has 0 fully saturated rings. The van der Waals surface area contributed by atoms with Crippen molar-refractivity contribution in [2.45, 2.75) is 0 Å². The molecule has 0 aliphatic carbocycles. The molecule has 0 amide bonds. The Kier molecular flexibility index (Phi) is 6.74. The monoisotopic (exact) mass is 733 g/mol. The van der Waals surface area contributed by atoms with Crippen molar-refractivity contribution in [3.8, 4) is 11.1 Å². The molecule has 256 valence electrons. The highest BCUT2D eigenvalue weighted by molar-refractivity contribution is 7.26. The second-order valence-corrected chi connectivity index (χ2v) is 16.7. The summed E-state index contributed by atoms with van der Waals surface area (Å²) in [6, 6.07) is 69.9. The molecule has 10 aromatic carbocycles. The predicted molar refractivity (Wildman–Crippen MR) is 242 cm³/mol. The number of benzene rings is 10. The van der Waals surface area contributed by atoms with E-state index in [9.17, 15) is 0 Å². The standard InChI is InChI=1S/C52H31NS2/c1-2-10-34-28-46-41-24-19-35(29-44(41)39-11-3-4-12-40(39)45(46)27-33(34)9-1)32-17-20-36(21-18-32)53(37-22-25-51-47(30-37)42-13-5-7-15-49(42)54-51)38-23-26-52-48(31-38)43-14-6-8-16-50(43)55-52/h1-31H. The molecule has 3 heteroatoms. The first-order valence-electron chi connectivity index (χ1n) is 18.7. The second kappa shape index (κ2) is 12.0. The Morgan fingerprint density at radius 1 is 0.255 bits per heavy atom. The quantitative estimate of drug-likeness (QED) is 0.129. The van der Waals surface area contributed by atoms with E-state index in [1.165, 1.54) is 94.6 Å². The number of anilines is 3. The van der Waals surface area contributed by atoms with Crippen LogP contribution in [0.4, 0.5) is 17.1 Å². The summed E-state index contributed by atoms with van der Waals surface area (Å²) >= 11 is 3.73. The second-order valence-electron chi connectivity index (χ2n) is 14.5. The first kappa shape index (κ1) is 30.9. The van der Waals surface area contributed by atoms with E-state index in [1.54, 1.807) is 0 Å². The molecule has 2 aromatic heterocycles. The third-order valence-electron chi connectivity index (χ3n) is 11.4. The van der Waals surface area contributed by atoms with Gasteiger partial charge in [-0.25, -0.2) is 0 Å². The molecule has 1 nitrogen and oxygen atoms in total. The van der Waals surface area contributed by atoms with Crippen molar-refractivity contribution < 1.29 is 0 Å². The van der Waals surface area contributed by atoms with E-state index in [0.29, 0.717) is 0 Å². The fourth-order valence-corrected chi connectivity index (χ4v) is 10.9. The topological polar surface area (TPSA) is 3.24 Å². The number of hydrogen-bond acceptors (Lipinski definition) is 3. The van der Waals surface area contributed by atoms with Gasteiger partial charge < -0.3 is 4.90 Å². The summed E-state index contributed by atoms with van der Waals surface area (Å²) in [7, 11) is 0. The van der Waals surface area contributed by atoms with Crippen molar-refractivity contribution in [3.63, 3.8) is 0 Å². The minimum absolute atomic E-state index is 1.13. The van der Waals surface area contributed by atoms with Crippen LogP contribution in [0.15, 0.2) is 188 Å². The average molecular weight is 734 g/mol. The van der Waals surface area contributed by atoms with Gasteiger partial charge in [0, 0.05) is 57.4 Å². The molecule has 0 bridgehead atoms. The molecule has 12 rings (SSSR count). The maximum absolute atomic E-state index is 2.42. The largest absolute Gasteiger partial charge is 0.310 e. The smallest absolute Gasteiger partial charge is 0.0468 e. The Morgan fingerprint density at radius 3 is 1.24 bits per heavy atom. The minimum atomic E-state index is 1.13. The van der Waals surface area contributed by atoms with Gasteiger partial charge in [-0.15, -0.1) is 22.7 Å². The minimum Gasteiger partial charge on any atom is -0.310 e. The van der Waals surface area contributed by atoms with Crippen molar-refractivity contribution in [1.29, 1.82) is 0 Å². The van der Waals surface area contributed by atoms with Crippen LogP contribution in [0, 0.1) is 0 Å². The highest BCUT2D eigenvalue weighted by Crippen LogP contribution is 2.44. The number of rotatable bonds is 4. The van der Waals surface area contributed by atoms with Gasteiger partial charge in [0.25, 0.3) is 0 Å². The van der Waals surface area contributed by atoms with Crippen LogP contribution in [-0.4, -0.2) is 0 Å². The highest BCUT2D eigenvalue weighted by Gasteiger charge is 2.18. The van der Waals surface area contributed by atoms with Crippen LogP contribution < -0.4 is 4.90 Å². The molecule has 0 unspecified atom stereocenters. The van der Waals surface area contributed by atoms with Crippen molar-refractivity contribution in [3.05, 3.63) is 188 Å². The third kappa shape index (κ3) is 4.84. The molecule has 0 atom stereocenters. The molecule has 0 saturated heterocycles. The highest BCUT2D eigenvalue weighted by atomic mass is 32.1. The zero-order valence-electron chi connectivity index (χ0n) is 29.7. The van der Waals surface area contributed by atoms with E-state index in [-0.39, 0.29) is 0 Å². The maximum atomic E-state index is 2.42. The van der Waals surface area contributed by atoms with Crippen LogP contribution in [0.5, 0.6) is 0 Å². The molecule has 0 saturated carbocycles. The first-order valence-corrected chi connectivity index (χ1v) is 20.4. The SMILES string of the molecule is c1ccc2cc3c4ccc(-c5ccc(N(c6ccc7sc8ccccc8c7c6)c6ccc7sc8ccccc8c7c6)cc5)cc4c4ccccc4c3cc2c1. The van der Waals surface area contributed by atoms with Crippen LogP contribution in [0.1, 0.15) is 0 Å². The van der Waals surface area contributed by atoms with Crippen LogP contribution in [0.25, 0.3) is 94.6 Å². The van der Waals surface area contributed by atoms with E-state index in [2.05, 4.69) is 193 Å².